The monoisotopic (exact) mass is 487 g/mol. The lowest BCUT2D eigenvalue weighted by Crippen LogP contribution is -2.47. The largest absolute Gasteiger partial charge is 0.340 e. The first kappa shape index (κ1) is 22.2. The number of amides is 1. The van der Waals surface area contributed by atoms with Gasteiger partial charge in [-0.25, -0.2) is 13.4 Å². The van der Waals surface area contributed by atoms with Gasteiger partial charge in [0.05, 0.1) is 22.8 Å². The van der Waals surface area contributed by atoms with Gasteiger partial charge < -0.3 is 4.90 Å². The number of aromatic nitrogens is 2. The molecule has 0 N–H and O–H groups in total. The van der Waals surface area contributed by atoms with Crippen LogP contribution in [0.3, 0.4) is 0 Å². The second-order valence-electron chi connectivity index (χ2n) is 8.55. The molecule has 0 atom stereocenters. The van der Waals surface area contributed by atoms with Gasteiger partial charge in [-0.05, 0) is 30.7 Å². The van der Waals surface area contributed by atoms with Crippen LogP contribution < -0.4 is 4.31 Å². The SMILES string of the molecule is CC(=O)N1CCN(Cc2c(-c3ccc(Cl)cc3)nc3ccc(N4CCCS4(=O)=O)cn23)CC1. The average molecular weight is 488 g/mol. The van der Waals surface area contributed by atoms with Gasteiger partial charge in [0.15, 0.2) is 0 Å². The molecule has 2 aliphatic heterocycles. The molecule has 0 saturated carbocycles. The van der Waals surface area contributed by atoms with Crippen molar-refractivity contribution in [3.05, 3.63) is 53.3 Å². The standard InChI is InChI=1S/C23H26ClN5O3S/c1-17(30)27-12-10-26(11-13-27)16-21-23(18-3-5-19(24)6-4-18)25-22-8-7-20(15-28(21)22)29-9-2-14-33(29,31)32/h3-8,15H,2,9-14,16H2,1H3. The van der Waals surface area contributed by atoms with Gasteiger partial charge in [0.2, 0.25) is 15.9 Å². The molecule has 2 aromatic heterocycles. The van der Waals surface area contributed by atoms with Crippen molar-refractivity contribution in [2.24, 2.45) is 0 Å². The van der Waals surface area contributed by atoms with Gasteiger partial charge in [0, 0.05) is 63.0 Å². The van der Waals surface area contributed by atoms with Crippen LogP contribution >= 0.6 is 11.6 Å². The first-order valence-corrected chi connectivity index (χ1v) is 13.1. The average Bonchev–Trinajstić information content (AvgIpc) is 3.33. The summed E-state index contributed by atoms with van der Waals surface area (Å²) in [5.74, 6) is 0.279. The van der Waals surface area contributed by atoms with E-state index in [1.54, 1.807) is 6.92 Å². The molecular weight excluding hydrogens is 462 g/mol. The van der Waals surface area contributed by atoms with Gasteiger partial charge in [-0.2, -0.15) is 0 Å². The fourth-order valence-corrected chi connectivity index (χ4v) is 6.26. The molecule has 33 heavy (non-hydrogen) atoms. The van der Waals surface area contributed by atoms with E-state index in [1.165, 1.54) is 4.31 Å². The minimum atomic E-state index is -3.28. The Balaban J connectivity index is 1.55. The molecule has 1 amide bonds. The lowest BCUT2D eigenvalue weighted by molar-refractivity contribution is -0.130. The minimum Gasteiger partial charge on any atom is -0.340 e. The Morgan fingerprint density at radius 3 is 2.39 bits per heavy atom. The van der Waals surface area contributed by atoms with E-state index in [2.05, 4.69) is 4.90 Å². The molecule has 2 saturated heterocycles. The molecule has 2 aliphatic rings. The summed E-state index contributed by atoms with van der Waals surface area (Å²) >= 11 is 6.10. The quantitative estimate of drug-likeness (QED) is 0.565. The number of piperazine rings is 1. The van der Waals surface area contributed by atoms with Gasteiger partial charge in [0.1, 0.15) is 5.65 Å². The molecule has 0 bridgehead atoms. The fourth-order valence-electron chi connectivity index (χ4n) is 4.58. The predicted molar refractivity (Wildman–Crippen MR) is 129 cm³/mol. The van der Waals surface area contributed by atoms with Gasteiger partial charge in [-0.3, -0.25) is 18.4 Å². The number of sulfonamides is 1. The predicted octanol–water partition coefficient (Wildman–Crippen LogP) is 2.86. The van der Waals surface area contributed by atoms with Crippen LogP contribution in [0.25, 0.3) is 16.9 Å². The molecule has 0 spiro atoms. The summed E-state index contributed by atoms with van der Waals surface area (Å²) in [6, 6.07) is 11.3. The van der Waals surface area contributed by atoms with Gasteiger partial charge in [0.25, 0.3) is 0 Å². The zero-order valence-corrected chi connectivity index (χ0v) is 20.0. The van der Waals surface area contributed by atoms with Crippen molar-refractivity contribution in [2.45, 2.75) is 19.9 Å². The number of fused-ring (bicyclic) bond motifs is 1. The highest BCUT2D eigenvalue weighted by molar-refractivity contribution is 7.93. The maximum Gasteiger partial charge on any atom is 0.235 e. The van der Waals surface area contributed by atoms with Gasteiger partial charge >= 0.3 is 0 Å². The normalized spacial score (nSPS) is 18.8. The van der Waals surface area contributed by atoms with Gasteiger partial charge in [-0.1, -0.05) is 23.7 Å². The number of anilines is 1. The van der Waals surface area contributed by atoms with Crippen LogP contribution in [0, 0.1) is 0 Å². The number of nitrogens with zero attached hydrogens (tertiary/aromatic N) is 5. The first-order valence-electron chi connectivity index (χ1n) is 11.1. The van der Waals surface area contributed by atoms with E-state index < -0.39 is 10.0 Å². The van der Waals surface area contributed by atoms with Crippen LogP contribution in [0.2, 0.25) is 5.02 Å². The molecule has 0 unspecified atom stereocenters. The van der Waals surface area contributed by atoms with Crippen molar-refractivity contribution in [1.82, 2.24) is 19.2 Å². The van der Waals surface area contributed by atoms with Crippen LogP contribution in [-0.4, -0.2) is 72.0 Å². The Kier molecular flexibility index (Phi) is 5.80. The Labute approximate surface area is 198 Å². The number of halogens is 1. The first-order chi connectivity index (χ1) is 15.8. The Hall–Kier alpha value is -2.62. The van der Waals surface area contributed by atoms with E-state index in [-0.39, 0.29) is 11.7 Å². The summed E-state index contributed by atoms with van der Waals surface area (Å²) < 4.78 is 28.5. The number of rotatable bonds is 4. The molecule has 4 heterocycles. The fraction of sp³-hybridized carbons (Fsp3) is 0.391. The lowest BCUT2D eigenvalue weighted by Gasteiger charge is -2.34. The summed E-state index contributed by atoms with van der Waals surface area (Å²) in [5, 5.41) is 0.658. The summed E-state index contributed by atoms with van der Waals surface area (Å²) in [6.45, 7) is 5.67. The van der Waals surface area contributed by atoms with E-state index in [4.69, 9.17) is 16.6 Å². The molecule has 0 aliphatic carbocycles. The van der Waals surface area contributed by atoms with Crippen molar-refractivity contribution >= 4 is 38.9 Å². The Morgan fingerprint density at radius 1 is 1.03 bits per heavy atom. The molecular formula is C23H26ClN5O3S. The number of imidazole rings is 1. The number of hydrogen-bond donors (Lipinski definition) is 0. The molecule has 2 fully saturated rings. The second kappa shape index (κ2) is 8.62. The maximum atomic E-state index is 12.5. The third kappa shape index (κ3) is 4.32. The van der Waals surface area contributed by atoms with E-state index in [9.17, 15) is 13.2 Å². The van der Waals surface area contributed by atoms with Crippen LogP contribution in [0.15, 0.2) is 42.6 Å². The summed E-state index contributed by atoms with van der Waals surface area (Å²) in [7, 11) is -3.28. The number of pyridine rings is 1. The molecule has 1 aromatic carbocycles. The highest BCUT2D eigenvalue weighted by Gasteiger charge is 2.29. The lowest BCUT2D eigenvalue weighted by atomic mass is 10.1. The third-order valence-corrected chi connectivity index (χ3v) is 8.52. The van der Waals surface area contributed by atoms with Crippen molar-refractivity contribution in [3.63, 3.8) is 0 Å². The molecule has 174 valence electrons. The van der Waals surface area contributed by atoms with Crippen LogP contribution in [0.1, 0.15) is 19.0 Å². The molecule has 10 heteroatoms. The van der Waals surface area contributed by atoms with E-state index in [0.29, 0.717) is 43.3 Å². The number of hydrogen-bond acceptors (Lipinski definition) is 5. The smallest absolute Gasteiger partial charge is 0.235 e. The van der Waals surface area contributed by atoms with Crippen LogP contribution in [0.4, 0.5) is 5.69 Å². The zero-order valence-electron chi connectivity index (χ0n) is 18.4. The minimum absolute atomic E-state index is 0.0998. The van der Waals surface area contributed by atoms with Crippen molar-refractivity contribution < 1.29 is 13.2 Å². The number of benzene rings is 1. The summed E-state index contributed by atoms with van der Waals surface area (Å²) in [4.78, 5) is 20.8. The van der Waals surface area contributed by atoms with Crippen molar-refractivity contribution in [3.8, 4) is 11.3 Å². The van der Waals surface area contributed by atoms with Gasteiger partial charge in [-0.15, -0.1) is 0 Å². The zero-order chi connectivity index (χ0) is 23.2. The molecule has 0 radical (unpaired) electrons. The number of carbonyl (C=O) groups excluding carboxylic acids is 1. The van der Waals surface area contributed by atoms with E-state index >= 15 is 0 Å². The van der Waals surface area contributed by atoms with Crippen LogP contribution in [-0.2, 0) is 21.4 Å². The summed E-state index contributed by atoms with van der Waals surface area (Å²) in [5.41, 5.74) is 4.21. The maximum absolute atomic E-state index is 12.5. The molecule has 8 nitrogen and oxygen atoms in total. The number of carbonyl (C=O) groups is 1. The van der Waals surface area contributed by atoms with E-state index in [0.717, 1.165) is 35.7 Å². The Morgan fingerprint density at radius 2 is 1.76 bits per heavy atom. The summed E-state index contributed by atoms with van der Waals surface area (Å²) in [6.07, 6.45) is 2.51. The Bertz CT molecular complexity index is 1300. The third-order valence-electron chi connectivity index (χ3n) is 6.40. The second-order valence-corrected chi connectivity index (χ2v) is 11.0. The topological polar surface area (TPSA) is 78.2 Å². The molecule has 5 rings (SSSR count). The van der Waals surface area contributed by atoms with E-state index in [1.807, 2.05) is 51.9 Å². The highest BCUT2D eigenvalue weighted by Crippen LogP contribution is 2.30. The highest BCUT2D eigenvalue weighted by atomic mass is 35.5. The molecule has 3 aromatic rings. The van der Waals surface area contributed by atoms with Crippen LogP contribution in [0.5, 0.6) is 0 Å². The van der Waals surface area contributed by atoms with Crippen molar-refractivity contribution in [1.29, 1.82) is 0 Å². The van der Waals surface area contributed by atoms with Crippen molar-refractivity contribution in [2.75, 3.05) is 42.8 Å².